The Morgan fingerprint density at radius 1 is 0.971 bits per heavy atom. The Hall–Kier alpha value is -2.48. The summed E-state index contributed by atoms with van der Waals surface area (Å²) in [6.07, 6.45) is 0.784. The number of benzene rings is 2. The third kappa shape index (κ3) is 9.24. The molecule has 0 unspecified atom stereocenters. The van der Waals surface area contributed by atoms with Crippen LogP contribution in [-0.2, 0) is 14.6 Å². The smallest absolute Gasteiger partial charge is 0.410 e. The van der Waals surface area contributed by atoms with Crippen molar-refractivity contribution in [3.63, 3.8) is 0 Å². The minimum atomic E-state index is -3.53. The topological polar surface area (TPSA) is 63.7 Å². The molecule has 1 aliphatic rings. The van der Waals surface area contributed by atoms with Gasteiger partial charge in [-0.1, -0.05) is 39.8 Å². The first kappa shape index (κ1) is 30.6. The Morgan fingerprint density at radius 3 is 2.00 bits per heavy atom. The van der Waals surface area contributed by atoms with E-state index in [1.54, 1.807) is 25.7 Å². The minimum absolute atomic E-state index is 0.0145. The van der Waals surface area contributed by atoms with Gasteiger partial charge in [-0.2, -0.15) is 0 Å². The number of carbonyl (C=O) groups excluding carboxylic acids is 1. The van der Waals surface area contributed by atoms with Crippen LogP contribution in [0.4, 0.5) is 13.6 Å². The van der Waals surface area contributed by atoms with Crippen molar-refractivity contribution in [1.29, 1.82) is 0 Å². The summed E-state index contributed by atoms with van der Waals surface area (Å²) in [6.45, 7) is 14.3. The van der Waals surface area contributed by atoms with Crippen LogP contribution in [0.1, 0.15) is 61.3 Å². The highest BCUT2D eigenvalue weighted by atomic mass is 32.2. The Balaban J connectivity index is 0.00000145. The van der Waals surface area contributed by atoms with Crippen molar-refractivity contribution in [1.82, 2.24) is 4.90 Å². The highest BCUT2D eigenvalue weighted by Gasteiger charge is 2.29. The molecule has 0 saturated carbocycles. The van der Waals surface area contributed by atoms with Crippen molar-refractivity contribution in [2.75, 3.05) is 18.8 Å². The molecule has 5 nitrogen and oxygen atoms in total. The van der Waals surface area contributed by atoms with Crippen molar-refractivity contribution in [2.45, 2.75) is 71.8 Å². The second-order valence-corrected chi connectivity index (χ2v) is 10.9. The standard InChI is InChI=1S/C23H27F2NO4S.2C2H6/c1-23(2,3)30-22(27)26-12-10-16(11-13-26)15-31(28,29)19-7-4-17(5-8-19)20-9-6-18(24)14-21(20)25;2*1-2/h4-9,14,16H,10-13,15H2,1-3H3;2*1-2H3. The van der Waals surface area contributed by atoms with Crippen LogP contribution in [0.3, 0.4) is 0 Å². The summed E-state index contributed by atoms with van der Waals surface area (Å²) < 4.78 is 58.1. The van der Waals surface area contributed by atoms with Gasteiger partial charge in [0.25, 0.3) is 0 Å². The van der Waals surface area contributed by atoms with E-state index in [-0.39, 0.29) is 28.2 Å². The summed E-state index contributed by atoms with van der Waals surface area (Å²) in [5, 5.41) is 0. The van der Waals surface area contributed by atoms with Gasteiger partial charge in [0.1, 0.15) is 17.2 Å². The average Bonchev–Trinajstić information content (AvgIpc) is 2.81. The molecule has 0 bridgehead atoms. The van der Waals surface area contributed by atoms with Crippen LogP contribution in [0.25, 0.3) is 11.1 Å². The third-order valence-corrected chi connectivity index (χ3v) is 7.08. The van der Waals surface area contributed by atoms with E-state index in [1.165, 1.54) is 30.3 Å². The fourth-order valence-corrected chi connectivity index (χ4v) is 5.28. The zero-order valence-corrected chi connectivity index (χ0v) is 22.7. The number of sulfone groups is 1. The Labute approximate surface area is 209 Å². The molecule has 1 aliphatic heterocycles. The number of hydrogen-bond acceptors (Lipinski definition) is 4. The Bertz CT molecular complexity index is 1040. The van der Waals surface area contributed by atoms with Crippen molar-refractivity contribution < 1.29 is 26.7 Å². The molecule has 1 amide bonds. The lowest BCUT2D eigenvalue weighted by Crippen LogP contribution is -2.42. The van der Waals surface area contributed by atoms with Crippen molar-refractivity contribution in [3.8, 4) is 11.1 Å². The van der Waals surface area contributed by atoms with Crippen molar-refractivity contribution in [2.24, 2.45) is 5.92 Å². The molecule has 1 saturated heterocycles. The number of rotatable bonds is 4. The molecular weight excluding hydrogens is 472 g/mol. The average molecular weight is 512 g/mol. The van der Waals surface area contributed by atoms with E-state index in [9.17, 15) is 22.0 Å². The number of nitrogens with zero attached hydrogens (tertiary/aromatic N) is 1. The van der Waals surface area contributed by atoms with Gasteiger partial charge in [0.2, 0.25) is 0 Å². The maximum atomic E-state index is 14.0. The van der Waals surface area contributed by atoms with Gasteiger partial charge in [0, 0.05) is 24.7 Å². The summed E-state index contributed by atoms with van der Waals surface area (Å²) in [5.74, 6) is -1.44. The predicted octanol–water partition coefficient (Wildman–Crippen LogP) is 7.11. The highest BCUT2D eigenvalue weighted by Crippen LogP contribution is 2.27. The second-order valence-electron chi connectivity index (χ2n) is 8.84. The maximum Gasteiger partial charge on any atom is 0.410 e. The molecule has 0 N–H and O–H groups in total. The number of likely N-dealkylation sites (tertiary alicyclic amines) is 1. The first-order valence-electron chi connectivity index (χ1n) is 12.2. The van der Waals surface area contributed by atoms with E-state index < -0.39 is 27.1 Å². The highest BCUT2D eigenvalue weighted by molar-refractivity contribution is 7.91. The molecule has 0 radical (unpaired) electrons. The number of carbonyl (C=O) groups is 1. The lowest BCUT2D eigenvalue weighted by atomic mass is 9.99. The number of hydrogen-bond donors (Lipinski definition) is 0. The number of amides is 1. The van der Waals surface area contributed by atoms with Gasteiger partial charge in [0.15, 0.2) is 9.84 Å². The van der Waals surface area contributed by atoms with Crippen LogP contribution in [-0.4, -0.2) is 43.9 Å². The van der Waals surface area contributed by atoms with Crippen LogP contribution in [0.15, 0.2) is 47.4 Å². The van der Waals surface area contributed by atoms with Gasteiger partial charge in [-0.15, -0.1) is 0 Å². The Morgan fingerprint density at radius 2 is 1.51 bits per heavy atom. The molecule has 1 fully saturated rings. The molecule has 0 spiro atoms. The maximum absolute atomic E-state index is 14.0. The fraction of sp³-hybridized carbons (Fsp3) is 0.519. The third-order valence-electron chi connectivity index (χ3n) is 5.18. The molecule has 35 heavy (non-hydrogen) atoms. The molecule has 1 heterocycles. The monoisotopic (exact) mass is 511 g/mol. The van der Waals surface area contributed by atoms with E-state index >= 15 is 0 Å². The molecule has 0 aliphatic carbocycles. The first-order valence-corrected chi connectivity index (χ1v) is 13.9. The summed E-state index contributed by atoms with van der Waals surface area (Å²) in [5.41, 5.74) is 0.113. The summed E-state index contributed by atoms with van der Waals surface area (Å²) >= 11 is 0. The zero-order chi connectivity index (χ0) is 26.8. The van der Waals surface area contributed by atoms with E-state index in [4.69, 9.17) is 4.74 Å². The van der Waals surface area contributed by atoms with E-state index in [1.807, 2.05) is 27.7 Å². The second kappa shape index (κ2) is 13.6. The molecule has 0 atom stereocenters. The quantitative estimate of drug-likeness (QED) is 0.439. The predicted molar refractivity (Wildman–Crippen MR) is 137 cm³/mol. The van der Waals surface area contributed by atoms with E-state index in [0.29, 0.717) is 31.5 Å². The number of piperidine rings is 1. The van der Waals surface area contributed by atoms with Crippen LogP contribution >= 0.6 is 0 Å². The lowest BCUT2D eigenvalue weighted by Gasteiger charge is -2.33. The van der Waals surface area contributed by atoms with Gasteiger partial charge in [-0.05, 0) is 69.4 Å². The first-order chi connectivity index (χ1) is 16.4. The zero-order valence-electron chi connectivity index (χ0n) is 21.9. The summed E-state index contributed by atoms with van der Waals surface area (Å²) in [4.78, 5) is 13.9. The van der Waals surface area contributed by atoms with Gasteiger partial charge in [-0.3, -0.25) is 0 Å². The fourth-order valence-electron chi connectivity index (χ4n) is 3.58. The van der Waals surface area contributed by atoms with Crippen molar-refractivity contribution >= 4 is 15.9 Å². The van der Waals surface area contributed by atoms with Gasteiger partial charge < -0.3 is 9.64 Å². The molecule has 2 aromatic carbocycles. The van der Waals surface area contributed by atoms with Crippen molar-refractivity contribution in [3.05, 3.63) is 54.1 Å². The van der Waals surface area contributed by atoms with Crippen LogP contribution in [0, 0.1) is 17.6 Å². The summed E-state index contributed by atoms with van der Waals surface area (Å²) in [6, 6.07) is 9.22. The van der Waals surface area contributed by atoms with Gasteiger partial charge in [0.05, 0.1) is 10.6 Å². The van der Waals surface area contributed by atoms with Crippen LogP contribution < -0.4 is 0 Å². The van der Waals surface area contributed by atoms with Crippen LogP contribution in [0.5, 0.6) is 0 Å². The normalized spacial score (nSPS) is 14.3. The molecular formula is C27H39F2NO4S. The van der Waals surface area contributed by atoms with Gasteiger partial charge >= 0.3 is 6.09 Å². The molecule has 0 aromatic heterocycles. The molecule has 196 valence electrons. The van der Waals surface area contributed by atoms with E-state index in [0.717, 1.165) is 12.1 Å². The molecule has 8 heteroatoms. The van der Waals surface area contributed by atoms with Gasteiger partial charge in [-0.25, -0.2) is 22.0 Å². The number of halogens is 2. The largest absolute Gasteiger partial charge is 0.444 e. The minimum Gasteiger partial charge on any atom is -0.444 e. The molecule has 3 rings (SSSR count). The van der Waals surface area contributed by atoms with E-state index in [2.05, 4.69) is 0 Å². The lowest BCUT2D eigenvalue weighted by molar-refractivity contribution is 0.0191. The number of ether oxygens (including phenoxy) is 1. The molecule has 2 aromatic rings. The SMILES string of the molecule is CC.CC.CC(C)(C)OC(=O)N1CCC(CS(=O)(=O)c2ccc(-c3ccc(F)cc3F)cc2)CC1. The van der Waals surface area contributed by atoms with Crippen LogP contribution in [0.2, 0.25) is 0 Å². The Kier molecular flexibility index (Phi) is 11.8. The summed E-state index contributed by atoms with van der Waals surface area (Å²) in [7, 11) is -3.53.